The van der Waals surface area contributed by atoms with Crippen molar-refractivity contribution in [2.75, 3.05) is 0 Å². The van der Waals surface area contributed by atoms with E-state index in [0.717, 1.165) is 0 Å². The monoisotopic (exact) mass is 287 g/mol. The molecule has 21 heavy (non-hydrogen) atoms. The summed E-state index contributed by atoms with van der Waals surface area (Å²) < 4.78 is 1.60. The Morgan fingerprint density at radius 1 is 1.24 bits per heavy atom. The quantitative estimate of drug-likeness (QED) is 0.876. The molecule has 0 bridgehead atoms. The molecule has 2 unspecified atom stereocenters. The highest BCUT2D eigenvalue weighted by Gasteiger charge is 2.22. The van der Waals surface area contributed by atoms with Crippen LogP contribution in [0.25, 0.3) is 5.69 Å². The molecular formula is C15H17N3O3. The molecule has 0 spiro atoms. The van der Waals surface area contributed by atoms with Crippen molar-refractivity contribution in [1.29, 1.82) is 0 Å². The van der Waals surface area contributed by atoms with Crippen molar-refractivity contribution in [2.24, 2.45) is 5.92 Å². The predicted octanol–water partition coefficient (Wildman–Crippen LogP) is 1.71. The number of aromatic nitrogens is 2. The molecule has 0 fully saturated rings. The van der Waals surface area contributed by atoms with Crippen molar-refractivity contribution in [3.63, 3.8) is 0 Å². The maximum Gasteiger partial charge on any atom is 0.308 e. The fraction of sp³-hybridized carbons (Fsp3) is 0.267. The Balaban J connectivity index is 2.23. The SMILES string of the molecule is CC(NC(=O)c1ccccc1-n1cccn1)C(C)C(=O)O. The average Bonchev–Trinajstić information content (AvgIpc) is 3.00. The second-order valence-electron chi connectivity index (χ2n) is 4.86. The van der Waals surface area contributed by atoms with Gasteiger partial charge in [-0.2, -0.15) is 5.10 Å². The first-order valence-electron chi connectivity index (χ1n) is 6.63. The molecule has 1 amide bonds. The molecule has 0 aliphatic rings. The van der Waals surface area contributed by atoms with Gasteiger partial charge in [0.2, 0.25) is 0 Å². The molecule has 0 aliphatic carbocycles. The summed E-state index contributed by atoms with van der Waals surface area (Å²) in [5.74, 6) is -1.92. The van der Waals surface area contributed by atoms with Crippen LogP contribution in [-0.2, 0) is 4.79 Å². The van der Waals surface area contributed by atoms with E-state index in [9.17, 15) is 9.59 Å². The molecule has 6 heteroatoms. The maximum absolute atomic E-state index is 12.4. The van der Waals surface area contributed by atoms with E-state index in [2.05, 4.69) is 10.4 Å². The van der Waals surface area contributed by atoms with E-state index in [4.69, 9.17) is 5.11 Å². The lowest BCUT2D eigenvalue weighted by molar-refractivity contribution is -0.141. The fourth-order valence-corrected chi connectivity index (χ4v) is 1.90. The molecule has 1 heterocycles. The van der Waals surface area contributed by atoms with Gasteiger partial charge in [-0.05, 0) is 32.0 Å². The van der Waals surface area contributed by atoms with Crippen LogP contribution in [0, 0.1) is 5.92 Å². The van der Waals surface area contributed by atoms with Gasteiger partial charge in [0.25, 0.3) is 5.91 Å². The second-order valence-corrected chi connectivity index (χ2v) is 4.86. The molecule has 6 nitrogen and oxygen atoms in total. The van der Waals surface area contributed by atoms with Crippen LogP contribution in [-0.4, -0.2) is 32.8 Å². The number of carboxylic acids is 1. The summed E-state index contributed by atoms with van der Waals surface area (Å²) in [6, 6.07) is 8.34. The zero-order valence-electron chi connectivity index (χ0n) is 11.9. The fourth-order valence-electron chi connectivity index (χ4n) is 1.90. The van der Waals surface area contributed by atoms with E-state index < -0.39 is 17.9 Å². The molecule has 2 atom stereocenters. The van der Waals surface area contributed by atoms with Gasteiger partial charge in [-0.25, -0.2) is 4.68 Å². The summed E-state index contributed by atoms with van der Waals surface area (Å²) >= 11 is 0. The minimum Gasteiger partial charge on any atom is -0.481 e. The number of benzene rings is 1. The number of amides is 1. The highest BCUT2D eigenvalue weighted by Crippen LogP contribution is 2.14. The Morgan fingerprint density at radius 2 is 1.95 bits per heavy atom. The van der Waals surface area contributed by atoms with E-state index in [-0.39, 0.29) is 5.91 Å². The number of carbonyl (C=O) groups is 2. The topological polar surface area (TPSA) is 84.2 Å². The average molecular weight is 287 g/mol. The number of hydrogen-bond donors (Lipinski definition) is 2. The first-order valence-corrected chi connectivity index (χ1v) is 6.63. The first-order chi connectivity index (χ1) is 10.0. The Hall–Kier alpha value is -2.63. The van der Waals surface area contributed by atoms with Gasteiger partial charge in [0, 0.05) is 18.4 Å². The molecule has 0 saturated heterocycles. The minimum absolute atomic E-state index is 0.318. The third kappa shape index (κ3) is 3.28. The molecule has 2 aromatic rings. The van der Waals surface area contributed by atoms with Crippen molar-refractivity contribution >= 4 is 11.9 Å². The summed E-state index contributed by atoms with van der Waals surface area (Å²) in [7, 11) is 0. The van der Waals surface area contributed by atoms with Crippen LogP contribution in [0.3, 0.4) is 0 Å². The third-order valence-electron chi connectivity index (χ3n) is 3.40. The predicted molar refractivity (Wildman–Crippen MR) is 77.3 cm³/mol. The summed E-state index contributed by atoms with van der Waals surface area (Å²) in [5, 5.41) is 15.8. The first kappa shape index (κ1) is 14.8. The molecule has 0 radical (unpaired) electrons. The normalized spacial score (nSPS) is 13.4. The molecular weight excluding hydrogens is 270 g/mol. The van der Waals surface area contributed by atoms with Crippen LogP contribution in [0.5, 0.6) is 0 Å². The lowest BCUT2D eigenvalue weighted by Gasteiger charge is -2.18. The summed E-state index contributed by atoms with van der Waals surface area (Å²) in [6.07, 6.45) is 3.37. The lowest BCUT2D eigenvalue weighted by atomic mass is 10.0. The number of nitrogens with zero attached hydrogens (tertiary/aromatic N) is 2. The second kappa shape index (κ2) is 6.21. The number of nitrogens with one attached hydrogen (secondary N) is 1. The van der Waals surface area contributed by atoms with E-state index in [1.807, 2.05) is 6.07 Å². The standard InChI is InChI=1S/C15H17N3O3/c1-10(15(20)21)11(2)17-14(19)12-6-3-4-7-13(12)18-9-5-8-16-18/h3-11H,1-2H3,(H,17,19)(H,20,21). The van der Waals surface area contributed by atoms with E-state index in [1.165, 1.54) is 0 Å². The Bertz CT molecular complexity index is 637. The number of carbonyl (C=O) groups excluding carboxylic acids is 1. The molecule has 110 valence electrons. The van der Waals surface area contributed by atoms with Gasteiger partial charge in [-0.3, -0.25) is 9.59 Å². The van der Waals surface area contributed by atoms with Crippen molar-refractivity contribution < 1.29 is 14.7 Å². The van der Waals surface area contributed by atoms with Crippen LogP contribution >= 0.6 is 0 Å². The molecule has 2 rings (SSSR count). The Labute approximate surface area is 122 Å². The molecule has 1 aromatic heterocycles. The van der Waals surface area contributed by atoms with Crippen LogP contribution < -0.4 is 5.32 Å². The number of aliphatic carboxylic acids is 1. The van der Waals surface area contributed by atoms with Gasteiger partial charge in [0.05, 0.1) is 17.2 Å². The third-order valence-corrected chi connectivity index (χ3v) is 3.40. The number of rotatable bonds is 5. The number of para-hydroxylation sites is 1. The molecule has 0 aliphatic heterocycles. The maximum atomic E-state index is 12.4. The number of carboxylic acid groups (broad SMARTS) is 1. The zero-order chi connectivity index (χ0) is 15.4. The summed E-state index contributed by atoms with van der Waals surface area (Å²) in [6.45, 7) is 3.24. The summed E-state index contributed by atoms with van der Waals surface area (Å²) in [5.41, 5.74) is 1.10. The van der Waals surface area contributed by atoms with Crippen molar-refractivity contribution in [2.45, 2.75) is 19.9 Å². The van der Waals surface area contributed by atoms with Gasteiger partial charge < -0.3 is 10.4 Å². The van der Waals surface area contributed by atoms with Gasteiger partial charge in [0.1, 0.15) is 0 Å². The lowest BCUT2D eigenvalue weighted by Crippen LogP contribution is -2.40. The summed E-state index contributed by atoms with van der Waals surface area (Å²) in [4.78, 5) is 23.3. The highest BCUT2D eigenvalue weighted by atomic mass is 16.4. The van der Waals surface area contributed by atoms with Crippen LogP contribution in [0.2, 0.25) is 0 Å². The molecule has 0 saturated carbocycles. The van der Waals surface area contributed by atoms with Crippen LogP contribution in [0.1, 0.15) is 24.2 Å². The highest BCUT2D eigenvalue weighted by molar-refractivity contribution is 5.98. The van der Waals surface area contributed by atoms with Gasteiger partial charge in [0.15, 0.2) is 0 Å². The minimum atomic E-state index is -0.942. The smallest absolute Gasteiger partial charge is 0.308 e. The Morgan fingerprint density at radius 3 is 2.57 bits per heavy atom. The Kier molecular flexibility index (Phi) is 4.37. The van der Waals surface area contributed by atoms with Crippen molar-refractivity contribution in [3.05, 3.63) is 48.3 Å². The molecule has 2 N–H and O–H groups in total. The van der Waals surface area contributed by atoms with E-state index in [1.54, 1.807) is 55.2 Å². The van der Waals surface area contributed by atoms with Crippen LogP contribution in [0.4, 0.5) is 0 Å². The van der Waals surface area contributed by atoms with Gasteiger partial charge >= 0.3 is 5.97 Å². The van der Waals surface area contributed by atoms with Crippen LogP contribution in [0.15, 0.2) is 42.7 Å². The molecule has 1 aromatic carbocycles. The number of hydrogen-bond acceptors (Lipinski definition) is 3. The zero-order valence-corrected chi connectivity index (χ0v) is 11.9. The van der Waals surface area contributed by atoms with Gasteiger partial charge in [-0.1, -0.05) is 12.1 Å². The van der Waals surface area contributed by atoms with E-state index in [0.29, 0.717) is 11.3 Å². The van der Waals surface area contributed by atoms with E-state index >= 15 is 0 Å². The van der Waals surface area contributed by atoms with Crippen molar-refractivity contribution in [3.8, 4) is 5.69 Å². The van der Waals surface area contributed by atoms with Gasteiger partial charge in [-0.15, -0.1) is 0 Å². The largest absolute Gasteiger partial charge is 0.481 e. The van der Waals surface area contributed by atoms with Crippen molar-refractivity contribution in [1.82, 2.24) is 15.1 Å².